The van der Waals surface area contributed by atoms with Crippen LogP contribution in [0, 0.1) is 0 Å². The maximum atomic E-state index is 5.96. The second-order valence-electron chi connectivity index (χ2n) is 5.09. The second kappa shape index (κ2) is 8.38. The highest BCUT2D eigenvalue weighted by Gasteiger charge is 2.14. The molecule has 0 amide bonds. The average Bonchev–Trinajstić information content (AvgIpc) is 2.98. The Kier molecular flexibility index (Phi) is 6.48. The van der Waals surface area contributed by atoms with E-state index in [0.717, 1.165) is 43.0 Å². The number of hydrogen-bond acceptors (Lipinski definition) is 3. The van der Waals surface area contributed by atoms with Gasteiger partial charge in [0.15, 0.2) is 0 Å². The fourth-order valence-electron chi connectivity index (χ4n) is 2.52. The largest absolute Gasteiger partial charge is 0.494 e. The first kappa shape index (κ1) is 15.5. The predicted octanol–water partition coefficient (Wildman–Crippen LogP) is 4.20. The van der Waals surface area contributed by atoms with Crippen molar-refractivity contribution in [2.45, 2.75) is 44.6 Å². The van der Waals surface area contributed by atoms with E-state index in [4.69, 9.17) is 21.1 Å². The van der Waals surface area contributed by atoms with Crippen molar-refractivity contribution < 1.29 is 9.47 Å². The Balaban J connectivity index is 1.77. The molecule has 0 aliphatic carbocycles. The van der Waals surface area contributed by atoms with E-state index >= 15 is 0 Å². The first-order valence-corrected chi connectivity index (χ1v) is 8.04. The van der Waals surface area contributed by atoms with Gasteiger partial charge in [0, 0.05) is 24.4 Å². The lowest BCUT2D eigenvalue weighted by Gasteiger charge is -2.13. The zero-order valence-electron chi connectivity index (χ0n) is 12.2. The first-order chi connectivity index (χ1) is 9.83. The summed E-state index contributed by atoms with van der Waals surface area (Å²) in [6, 6.07) is 6.11. The Morgan fingerprint density at radius 2 is 2.35 bits per heavy atom. The number of anilines is 1. The zero-order valence-corrected chi connectivity index (χ0v) is 12.9. The summed E-state index contributed by atoms with van der Waals surface area (Å²) in [6.07, 6.45) is 5.20. The quantitative estimate of drug-likeness (QED) is 0.576. The smallest absolute Gasteiger partial charge is 0.123 e. The number of rotatable bonds is 8. The summed E-state index contributed by atoms with van der Waals surface area (Å²) in [5.74, 6) is 1.35. The number of hydrogen-bond donors (Lipinski definition) is 1. The molecule has 1 fully saturated rings. The summed E-state index contributed by atoms with van der Waals surface area (Å²) in [4.78, 5) is 0. The van der Waals surface area contributed by atoms with Crippen LogP contribution < -0.4 is 10.1 Å². The molecule has 1 N–H and O–H groups in total. The van der Waals surface area contributed by atoms with Crippen molar-refractivity contribution in [3.05, 3.63) is 23.8 Å². The minimum absolute atomic E-state index is 0.473. The summed E-state index contributed by atoms with van der Waals surface area (Å²) in [6.45, 7) is 4.55. The lowest BCUT2D eigenvalue weighted by atomic mass is 10.1. The molecule has 0 saturated carbocycles. The molecule has 0 bridgehead atoms. The minimum atomic E-state index is 0.473. The first-order valence-electron chi connectivity index (χ1n) is 7.50. The van der Waals surface area contributed by atoms with Gasteiger partial charge in [-0.2, -0.15) is 0 Å². The van der Waals surface area contributed by atoms with Crippen molar-refractivity contribution in [2.75, 3.05) is 25.1 Å². The van der Waals surface area contributed by atoms with Crippen LogP contribution in [-0.4, -0.2) is 25.9 Å². The Bertz CT molecular complexity index is 405. The maximum Gasteiger partial charge on any atom is 0.123 e. The third-order valence-electron chi connectivity index (χ3n) is 3.56. The van der Waals surface area contributed by atoms with Gasteiger partial charge in [-0.15, -0.1) is 11.6 Å². The fourth-order valence-corrected chi connectivity index (χ4v) is 2.73. The van der Waals surface area contributed by atoms with Gasteiger partial charge in [0.25, 0.3) is 0 Å². The number of benzene rings is 1. The third kappa shape index (κ3) is 4.57. The number of halogens is 1. The number of ether oxygens (including phenoxy) is 2. The van der Waals surface area contributed by atoms with Crippen LogP contribution in [0.5, 0.6) is 5.75 Å². The topological polar surface area (TPSA) is 30.5 Å². The Labute approximate surface area is 126 Å². The van der Waals surface area contributed by atoms with E-state index in [1.54, 1.807) is 0 Å². The molecule has 2 rings (SSSR count). The van der Waals surface area contributed by atoms with Gasteiger partial charge in [-0.1, -0.05) is 0 Å². The molecule has 4 heteroatoms. The van der Waals surface area contributed by atoms with Crippen molar-refractivity contribution >= 4 is 17.3 Å². The molecule has 0 aromatic heterocycles. The number of nitrogens with one attached hydrogen (secondary N) is 1. The summed E-state index contributed by atoms with van der Waals surface area (Å²) >= 11 is 5.96. The highest BCUT2D eigenvalue weighted by molar-refractivity contribution is 6.17. The SMILES string of the molecule is CCOc1ccc(NCCCC2CCCO2)cc1CCl. The van der Waals surface area contributed by atoms with Crippen molar-refractivity contribution in [1.29, 1.82) is 0 Å². The molecule has 1 atom stereocenters. The summed E-state index contributed by atoms with van der Waals surface area (Å²) < 4.78 is 11.2. The molecule has 112 valence electrons. The summed E-state index contributed by atoms with van der Waals surface area (Å²) in [7, 11) is 0. The molecule has 1 aliphatic rings. The Hall–Kier alpha value is -0.930. The van der Waals surface area contributed by atoms with Crippen LogP contribution in [0.15, 0.2) is 18.2 Å². The van der Waals surface area contributed by atoms with Crippen LogP contribution in [-0.2, 0) is 10.6 Å². The Morgan fingerprint density at radius 1 is 1.45 bits per heavy atom. The minimum Gasteiger partial charge on any atom is -0.494 e. The van der Waals surface area contributed by atoms with E-state index in [-0.39, 0.29) is 0 Å². The molecule has 0 spiro atoms. The molecule has 1 heterocycles. The van der Waals surface area contributed by atoms with Crippen LogP contribution in [0.1, 0.15) is 38.2 Å². The third-order valence-corrected chi connectivity index (χ3v) is 3.85. The van der Waals surface area contributed by atoms with E-state index in [1.165, 1.54) is 12.8 Å². The molecular formula is C16H24ClNO2. The summed E-state index contributed by atoms with van der Waals surface area (Å²) in [5, 5.41) is 3.44. The Morgan fingerprint density at radius 3 is 3.05 bits per heavy atom. The molecule has 1 aliphatic heterocycles. The molecular weight excluding hydrogens is 274 g/mol. The van der Waals surface area contributed by atoms with E-state index in [1.807, 2.05) is 19.1 Å². The highest BCUT2D eigenvalue weighted by Crippen LogP contribution is 2.25. The predicted molar refractivity (Wildman–Crippen MR) is 83.9 cm³/mol. The van der Waals surface area contributed by atoms with Crippen molar-refractivity contribution in [3.63, 3.8) is 0 Å². The highest BCUT2D eigenvalue weighted by atomic mass is 35.5. The van der Waals surface area contributed by atoms with Crippen molar-refractivity contribution in [2.24, 2.45) is 0 Å². The average molecular weight is 298 g/mol. The molecule has 1 aromatic carbocycles. The fraction of sp³-hybridized carbons (Fsp3) is 0.625. The molecule has 0 radical (unpaired) electrons. The van der Waals surface area contributed by atoms with E-state index < -0.39 is 0 Å². The molecule has 3 nitrogen and oxygen atoms in total. The van der Waals surface area contributed by atoms with Gasteiger partial charge < -0.3 is 14.8 Å². The molecule has 1 unspecified atom stereocenters. The lowest BCUT2D eigenvalue weighted by Crippen LogP contribution is -2.09. The second-order valence-corrected chi connectivity index (χ2v) is 5.36. The lowest BCUT2D eigenvalue weighted by molar-refractivity contribution is 0.103. The van der Waals surface area contributed by atoms with Gasteiger partial charge in [-0.25, -0.2) is 0 Å². The van der Waals surface area contributed by atoms with Gasteiger partial charge in [0.1, 0.15) is 5.75 Å². The van der Waals surface area contributed by atoms with Gasteiger partial charge in [0.2, 0.25) is 0 Å². The van der Waals surface area contributed by atoms with Crippen LogP contribution in [0.2, 0.25) is 0 Å². The van der Waals surface area contributed by atoms with Crippen LogP contribution in [0.4, 0.5) is 5.69 Å². The van der Waals surface area contributed by atoms with Gasteiger partial charge in [-0.3, -0.25) is 0 Å². The van der Waals surface area contributed by atoms with Crippen LogP contribution >= 0.6 is 11.6 Å². The maximum absolute atomic E-state index is 5.96. The van der Waals surface area contributed by atoms with E-state index in [0.29, 0.717) is 18.6 Å². The van der Waals surface area contributed by atoms with Crippen molar-refractivity contribution in [1.82, 2.24) is 0 Å². The molecule has 1 aromatic rings. The van der Waals surface area contributed by atoms with E-state index in [9.17, 15) is 0 Å². The molecule has 20 heavy (non-hydrogen) atoms. The van der Waals surface area contributed by atoms with Crippen molar-refractivity contribution in [3.8, 4) is 5.75 Å². The van der Waals surface area contributed by atoms with Crippen LogP contribution in [0.25, 0.3) is 0 Å². The summed E-state index contributed by atoms with van der Waals surface area (Å²) in [5.41, 5.74) is 2.15. The van der Waals surface area contributed by atoms with Gasteiger partial charge in [0.05, 0.1) is 18.6 Å². The molecule has 1 saturated heterocycles. The van der Waals surface area contributed by atoms with Gasteiger partial charge >= 0.3 is 0 Å². The number of alkyl halides is 1. The normalized spacial score (nSPS) is 18.2. The van der Waals surface area contributed by atoms with E-state index in [2.05, 4.69) is 11.4 Å². The standard InChI is InChI=1S/C16H24ClNO2/c1-2-19-16-8-7-14(11-13(16)12-17)18-9-3-5-15-6-4-10-20-15/h7-8,11,15,18H,2-6,9-10,12H2,1H3. The van der Waals surface area contributed by atoms with Gasteiger partial charge in [-0.05, 0) is 50.8 Å². The monoisotopic (exact) mass is 297 g/mol. The zero-order chi connectivity index (χ0) is 14.2. The van der Waals surface area contributed by atoms with Crippen LogP contribution in [0.3, 0.4) is 0 Å².